The number of unbranched alkanes of at least 4 members (excludes halogenated alkanes) is 66. The van der Waals surface area contributed by atoms with Crippen LogP contribution >= 0.6 is 0 Å². The van der Waals surface area contributed by atoms with Crippen molar-refractivity contribution in [1.82, 2.24) is 20.4 Å². The molecule has 0 N–H and O–H groups in total. The van der Waals surface area contributed by atoms with Crippen molar-refractivity contribution in [3.63, 3.8) is 0 Å². The van der Waals surface area contributed by atoms with E-state index in [1.54, 1.807) is 0 Å². The van der Waals surface area contributed by atoms with Crippen LogP contribution in [-0.4, -0.2) is 60.0 Å². The molecule has 12 heteroatoms. The first kappa shape index (κ1) is 103. The van der Waals surface area contributed by atoms with Crippen molar-refractivity contribution in [3.05, 3.63) is 48.5 Å². The molecule has 0 saturated carbocycles. The predicted octanol–water partition coefficient (Wildman–Crippen LogP) is 35.6. The molecule has 5 aromatic rings. The van der Waals surface area contributed by atoms with Crippen molar-refractivity contribution in [2.75, 3.05) is 39.6 Å². The predicted molar refractivity (Wildman–Crippen MR) is 503 cm³/mol. The molecule has 5 rings (SSSR count). The molecule has 674 valence electrons. The minimum absolute atomic E-state index is 0.397. The first-order valence-corrected chi connectivity index (χ1v) is 51.4. The van der Waals surface area contributed by atoms with Crippen LogP contribution in [0.2, 0.25) is 0 Å². The summed E-state index contributed by atoms with van der Waals surface area (Å²) in [4.78, 5) is 0. The van der Waals surface area contributed by atoms with Crippen LogP contribution in [0.15, 0.2) is 57.4 Å². The minimum atomic E-state index is 0.397. The fourth-order valence-electron chi connectivity index (χ4n) is 16.5. The lowest BCUT2D eigenvalue weighted by molar-refractivity contribution is 0.234. The van der Waals surface area contributed by atoms with Crippen molar-refractivity contribution >= 4 is 0 Å². The van der Waals surface area contributed by atoms with Crippen LogP contribution in [0, 0.1) is 0 Å². The summed E-state index contributed by atoms with van der Waals surface area (Å²) in [6.45, 7) is 17.4. The number of nitrogens with zero attached hydrogens (tertiary/aromatic N) is 4. The van der Waals surface area contributed by atoms with E-state index < -0.39 is 0 Å². The third-order valence-corrected chi connectivity index (χ3v) is 24.3. The van der Waals surface area contributed by atoms with Gasteiger partial charge in [0.05, 0.1) is 39.6 Å². The largest absolute Gasteiger partial charge is 0.490 e. The van der Waals surface area contributed by atoms with Crippen LogP contribution in [0.25, 0.3) is 45.8 Å². The molecule has 0 fully saturated rings. The second-order valence-corrected chi connectivity index (χ2v) is 35.4. The molecule has 0 unspecified atom stereocenters. The van der Waals surface area contributed by atoms with Crippen molar-refractivity contribution in [1.29, 1.82) is 0 Å². The molecule has 0 radical (unpaired) electrons. The number of aromatic nitrogens is 4. The molecule has 0 saturated heterocycles. The molecule has 118 heavy (non-hydrogen) atoms. The van der Waals surface area contributed by atoms with Gasteiger partial charge in [-0.25, -0.2) is 0 Å². The zero-order valence-corrected chi connectivity index (χ0v) is 77.8. The van der Waals surface area contributed by atoms with Crippen LogP contribution < -0.4 is 28.4 Å². The maximum Gasteiger partial charge on any atom is 0.248 e. The van der Waals surface area contributed by atoms with Crippen molar-refractivity contribution < 1.29 is 37.3 Å². The van der Waals surface area contributed by atoms with E-state index in [0.29, 0.717) is 97.7 Å². The molecule has 0 spiro atoms. The molecule has 2 aromatic heterocycles. The third-order valence-electron chi connectivity index (χ3n) is 24.3. The van der Waals surface area contributed by atoms with E-state index in [-0.39, 0.29) is 0 Å². The number of rotatable bonds is 88. The van der Waals surface area contributed by atoms with Crippen LogP contribution in [-0.2, 0) is 0 Å². The monoisotopic (exact) mass is 1640 g/mol. The summed E-state index contributed by atoms with van der Waals surface area (Å²) in [5, 5.41) is 18.7. The Morgan fingerprint density at radius 2 is 0.305 bits per heavy atom. The molecule has 0 amide bonds. The van der Waals surface area contributed by atoms with Crippen molar-refractivity contribution in [3.8, 4) is 80.3 Å². The molecule has 12 nitrogen and oxygen atoms in total. The highest BCUT2D eigenvalue weighted by Gasteiger charge is 2.24. The van der Waals surface area contributed by atoms with Gasteiger partial charge in [-0.05, 0) is 87.1 Å². The minimum Gasteiger partial charge on any atom is -0.490 e. The number of hydrogen-bond acceptors (Lipinski definition) is 12. The lowest BCUT2D eigenvalue weighted by Crippen LogP contribution is -2.07. The van der Waals surface area contributed by atoms with Gasteiger partial charge in [-0.3, -0.25) is 0 Å². The summed E-state index contributed by atoms with van der Waals surface area (Å²) in [5.41, 5.74) is 3.05. The van der Waals surface area contributed by atoms with Crippen molar-refractivity contribution in [2.45, 2.75) is 504 Å². The van der Waals surface area contributed by atoms with E-state index in [2.05, 4.69) is 51.7 Å². The fraction of sp³-hybridized carbons (Fsp3) is 0.792. The number of benzene rings is 3. The molecule has 3 aromatic carbocycles. The zero-order chi connectivity index (χ0) is 83.4. The van der Waals surface area contributed by atoms with Gasteiger partial charge < -0.3 is 37.3 Å². The summed E-state index contributed by atoms with van der Waals surface area (Å²) in [6.07, 6.45) is 93.2. The Labute approximate surface area is 725 Å². The maximum absolute atomic E-state index is 6.82. The standard InChI is InChI=1S/C106H182N4O8/c1-7-13-19-25-31-37-43-49-55-61-67-73-83-111-97-89-95(90-98(112-84-74-68-62-56-50-44-38-32-26-20-14-8-2)101(97)115-87-77-71-65-59-53-47-41-35-29-23-17-11-5)105-109-107-103(117-105)93-79-81-94(82-80-93)104-108-110-106(118-104)96-91-99(113-85-75-69-63-57-51-45-39-33-27-21-15-9-3)102(116-88-78-72-66-60-54-48-42-36-30-24-18-12-6)100(92-96)114-86-76-70-64-58-52-46-40-34-28-22-16-10-4/h79-82,89-92H,7-78,83-88H2,1-6H3. The molecular formula is C106H182N4O8. The van der Waals surface area contributed by atoms with Gasteiger partial charge in [0.25, 0.3) is 0 Å². The Morgan fingerprint density at radius 1 is 0.169 bits per heavy atom. The van der Waals surface area contributed by atoms with Gasteiger partial charge in [-0.2, -0.15) is 0 Å². The Hall–Kier alpha value is -5.26. The summed E-state index contributed by atoms with van der Waals surface area (Å²) in [5.74, 6) is 5.71. The van der Waals surface area contributed by atoms with Crippen LogP contribution in [0.5, 0.6) is 34.5 Å². The van der Waals surface area contributed by atoms with Gasteiger partial charge in [-0.1, -0.05) is 465 Å². The highest BCUT2D eigenvalue weighted by atomic mass is 16.5. The molecule has 0 atom stereocenters. The highest BCUT2D eigenvalue weighted by molar-refractivity contribution is 5.69. The van der Waals surface area contributed by atoms with Crippen molar-refractivity contribution in [2.24, 2.45) is 0 Å². The Bertz CT molecular complexity index is 2710. The highest BCUT2D eigenvalue weighted by Crippen LogP contribution is 2.45. The molecule has 0 aliphatic rings. The smallest absolute Gasteiger partial charge is 0.248 e. The fourth-order valence-corrected chi connectivity index (χ4v) is 16.5. The molecule has 2 heterocycles. The molecule has 0 aliphatic carbocycles. The maximum atomic E-state index is 6.82. The van der Waals surface area contributed by atoms with Gasteiger partial charge in [-0.15, -0.1) is 20.4 Å². The third kappa shape index (κ3) is 51.6. The summed E-state index contributed by atoms with van der Waals surface area (Å²) >= 11 is 0. The Morgan fingerprint density at radius 3 is 0.466 bits per heavy atom. The van der Waals surface area contributed by atoms with Crippen LogP contribution in [0.3, 0.4) is 0 Å². The van der Waals surface area contributed by atoms with E-state index in [0.717, 1.165) is 99.3 Å². The van der Waals surface area contributed by atoms with Gasteiger partial charge >= 0.3 is 0 Å². The van der Waals surface area contributed by atoms with Gasteiger partial charge in [0.1, 0.15) is 0 Å². The molecular weight excluding hydrogens is 1460 g/mol. The second kappa shape index (κ2) is 75.5. The topological polar surface area (TPSA) is 133 Å². The molecule has 0 aliphatic heterocycles. The van der Waals surface area contributed by atoms with Gasteiger partial charge in [0.15, 0.2) is 23.0 Å². The van der Waals surface area contributed by atoms with Crippen LogP contribution in [0.4, 0.5) is 0 Å². The summed E-state index contributed by atoms with van der Waals surface area (Å²) < 4.78 is 54.2. The SMILES string of the molecule is CCCCCCCCCCCCCCOc1cc(-c2nnc(-c3ccc(-c4nnc(-c5cc(OCCCCCCCCCCCCCC)c(OCCCCCCCCCCCCCC)c(OCCCCCCCCCCCCCC)c5)o4)cc3)o2)cc(OCCCCCCCCCCCCCC)c1OCCCCCCCCCCCCCC. The van der Waals surface area contributed by atoms with E-state index >= 15 is 0 Å². The Kier molecular flexibility index (Phi) is 66.1. The second-order valence-electron chi connectivity index (χ2n) is 35.4. The lowest BCUT2D eigenvalue weighted by Gasteiger charge is -2.18. The van der Waals surface area contributed by atoms with E-state index in [4.69, 9.17) is 47.5 Å². The number of ether oxygens (including phenoxy) is 6. The Balaban J connectivity index is 1.35. The van der Waals surface area contributed by atoms with Gasteiger partial charge in [0, 0.05) is 22.3 Å². The first-order chi connectivity index (χ1) is 58.5. The number of hydrogen-bond donors (Lipinski definition) is 0. The molecule has 0 bridgehead atoms. The van der Waals surface area contributed by atoms with E-state index in [1.807, 2.05) is 48.5 Å². The first-order valence-electron chi connectivity index (χ1n) is 51.4. The average molecular weight is 1640 g/mol. The van der Waals surface area contributed by atoms with E-state index in [9.17, 15) is 0 Å². The van der Waals surface area contributed by atoms with Crippen LogP contribution in [0.1, 0.15) is 504 Å². The summed E-state index contributed by atoms with van der Waals surface area (Å²) in [6, 6.07) is 16.1. The average Bonchev–Trinajstić information content (AvgIpc) is 1.45. The lowest BCUT2D eigenvalue weighted by atomic mass is 10.1. The normalized spacial score (nSPS) is 11.6. The van der Waals surface area contributed by atoms with Gasteiger partial charge in [0.2, 0.25) is 35.1 Å². The van der Waals surface area contributed by atoms with E-state index in [1.165, 1.54) is 385 Å². The summed E-state index contributed by atoms with van der Waals surface area (Å²) in [7, 11) is 0. The zero-order valence-electron chi connectivity index (χ0n) is 77.8. The quantitative estimate of drug-likeness (QED) is 0.0343.